The average Bonchev–Trinajstić information content (AvgIpc) is 2.85. The third-order valence-corrected chi connectivity index (χ3v) is 6.89. The Bertz CT molecular complexity index is 965. The van der Waals surface area contributed by atoms with E-state index in [1.807, 2.05) is 13.0 Å². The molecule has 0 radical (unpaired) electrons. The molecule has 3 heterocycles. The van der Waals surface area contributed by atoms with Crippen molar-refractivity contribution in [3.8, 4) is 0 Å². The highest BCUT2D eigenvalue weighted by molar-refractivity contribution is 5.74. The number of benzene rings is 1. The summed E-state index contributed by atoms with van der Waals surface area (Å²) in [7, 11) is 0. The molecule has 0 saturated carbocycles. The molecule has 2 aromatic rings. The summed E-state index contributed by atoms with van der Waals surface area (Å²) in [5.41, 5.74) is 0.383. The maximum atomic E-state index is 13.0. The van der Waals surface area contributed by atoms with E-state index in [4.69, 9.17) is 0 Å². The van der Waals surface area contributed by atoms with Gasteiger partial charge in [0.25, 0.3) is 0 Å². The zero-order chi connectivity index (χ0) is 24.8. The molecule has 2 fully saturated rings. The van der Waals surface area contributed by atoms with Crippen LogP contribution in [0.25, 0.3) is 0 Å². The molecule has 0 aliphatic carbocycles. The minimum Gasteiger partial charge on any atom is -0.338 e. The van der Waals surface area contributed by atoms with Crippen LogP contribution < -0.4 is 10.2 Å². The lowest BCUT2D eigenvalue weighted by molar-refractivity contribution is -0.141. The van der Waals surface area contributed by atoms with Crippen LogP contribution in [-0.2, 0) is 12.7 Å². The molecule has 1 atom stereocenters. The minimum absolute atomic E-state index is 0.0466. The van der Waals surface area contributed by atoms with Crippen LogP contribution in [0.5, 0.6) is 0 Å². The summed E-state index contributed by atoms with van der Waals surface area (Å²) in [4.78, 5) is 26.3. The van der Waals surface area contributed by atoms with Gasteiger partial charge in [0, 0.05) is 45.0 Å². The van der Waals surface area contributed by atoms with Gasteiger partial charge in [0.15, 0.2) is 0 Å². The van der Waals surface area contributed by atoms with Crippen molar-refractivity contribution in [1.29, 1.82) is 0 Å². The molecule has 2 amide bonds. The SMILES string of the molecule is C[C@@H]1CN(c2nccc(C(F)(F)F)n2)CCN1C(=O)NCCC1CCN(Cc2ccccc2)CC1. The summed E-state index contributed by atoms with van der Waals surface area (Å²) >= 11 is 0. The van der Waals surface area contributed by atoms with E-state index in [1.54, 1.807) is 9.80 Å². The van der Waals surface area contributed by atoms with Gasteiger partial charge in [0.2, 0.25) is 5.95 Å². The second kappa shape index (κ2) is 11.2. The Kier molecular flexibility index (Phi) is 8.10. The summed E-state index contributed by atoms with van der Waals surface area (Å²) < 4.78 is 38.9. The highest BCUT2D eigenvalue weighted by atomic mass is 19.4. The monoisotopic (exact) mass is 490 g/mol. The topological polar surface area (TPSA) is 64.6 Å². The van der Waals surface area contributed by atoms with Crippen LogP contribution in [0, 0.1) is 5.92 Å². The molecule has 2 aliphatic heterocycles. The molecule has 4 rings (SSSR count). The number of alkyl halides is 3. The van der Waals surface area contributed by atoms with Gasteiger partial charge in [-0.2, -0.15) is 13.2 Å². The number of piperazine rings is 1. The lowest BCUT2D eigenvalue weighted by Crippen LogP contribution is -2.57. The first-order valence-corrected chi connectivity index (χ1v) is 12.3. The first kappa shape index (κ1) is 25.2. The van der Waals surface area contributed by atoms with Crippen LogP contribution in [0.1, 0.15) is 37.4 Å². The molecule has 1 N–H and O–H groups in total. The number of piperidine rings is 1. The van der Waals surface area contributed by atoms with Crippen molar-refractivity contribution >= 4 is 12.0 Å². The van der Waals surface area contributed by atoms with Gasteiger partial charge in [0.1, 0.15) is 5.69 Å². The number of halogens is 3. The van der Waals surface area contributed by atoms with E-state index in [9.17, 15) is 18.0 Å². The lowest BCUT2D eigenvalue weighted by Gasteiger charge is -2.40. The van der Waals surface area contributed by atoms with Crippen LogP contribution >= 0.6 is 0 Å². The molecule has 0 bridgehead atoms. The Morgan fingerprint density at radius 1 is 1.09 bits per heavy atom. The molecule has 0 spiro atoms. The first-order valence-electron chi connectivity index (χ1n) is 12.3. The summed E-state index contributed by atoms with van der Waals surface area (Å²) in [6.07, 6.45) is -0.161. The number of carbonyl (C=O) groups excluding carboxylic acids is 1. The van der Waals surface area contributed by atoms with Gasteiger partial charge in [0.05, 0.1) is 0 Å². The van der Waals surface area contributed by atoms with Crippen molar-refractivity contribution < 1.29 is 18.0 Å². The Hall–Kier alpha value is -2.88. The zero-order valence-corrected chi connectivity index (χ0v) is 20.0. The highest BCUT2D eigenvalue weighted by Gasteiger charge is 2.34. The molecular weight excluding hydrogens is 457 g/mol. The van der Waals surface area contributed by atoms with Gasteiger partial charge >= 0.3 is 12.2 Å². The maximum Gasteiger partial charge on any atom is 0.433 e. The molecule has 2 saturated heterocycles. The van der Waals surface area contributed by atoms with Gasteiger partial charge in [-0.3, -0.25) is 4.90 Å². The van der Waals surface area contributed by atoms with Crippen molar-refractivity contribution in [3.63, 3.8) is 0 Å². The fraction of sp³-hybridized carbons (Fsp3) is 0.560. The van der Waals surface area contributed by atoms with E-state index in [1.165, 1.54) is 5.56 Å². The van der Waals surface area contributed by atoms with Crippen molar-refractivity contribution in [2.24, 2.45) is 5.92 Å². The molecule has 1 aromatic heterocycles. The number of carbonyl (C=O) groups is 1. The van der Waals surface area contributed by atoms with Gasteiger partial charge in [-0.15, -0.1) is 0 Å². The Balaban J connectivity index is 1.17. The summed E-state index contributed by atoms with van der Waals surface area (Å²) in [6, 6.07) is 11.1. The summed E-state index contributed by atoms with van der Waals surface area (Å²) in [6.45, 7) is 6.83. The van der Waals surface area contributed by atoms with Gasteiger partial charge in [-0.1, -0.05) is 30.3 Å². The van der Waals surface area contributed by atoms with Gasteiger partial charge in [-0.05, 0) is 56.8 Å². The Morgan fingerprint density at radius 2 is 1.83 bits per heavy atom. The van der Waals surface area contributed by atoms with Crippen molar-refractivity contribution in [3.05, 3.63) is 53.9 Å². The zero-order valence-electron chi connectivity index (χ0n) is 20.0. The number of hydrogen-bond donors (Lipinski definition) is 1. The van der Waals surface area contributed by atoms with Gasteiger partial charge in [-0.25, -0.2) is 14.8 Å². The molecule has 7 nitrogen and oxygen atoms in total. The average molecular weight is 491 g/mol. The number of rotatable bonds is 6. The number of likely N-dealkylation sites (tertiary alicyclic amines) is 1. The van der Waals surface area contributed by atoms with Crippen LogP contribution in [0.15, 0.2) is 42.6 Å². The number of nitrogens with zero attached hydrogens (tertiary/aromatic N) is 5. The van der Waals surface area contributed by atoms with Gasteiger partial charge < -0.3 is 15.1 Å². The van der Waals surface area contributed by atoms with Crippen molar-refractivity contribution in [2.75, 3.05) is 44.2 Å². The lowest BCUT2D eigenvalue weighted by atomic mass is 9.93. The smallest absolute Gasteiger partial charge is 0.338 e. The van der Waals surface area contributed by atoms with Crippen LogP contribution in [0.3, 0.4) is 0 Å². The Labute approximate surface area is 204 Å². The number of anilines is 1. The molecular formula is C25H33F3N6O. The number of hydrogen-bond acceptors (Lipinski definition) is 5. The van der Waals surface area contributed by atoms with E-state index >= 15 is 0 Å². The third kappa shape index (κ3) is 6.84. The molecule has 0 unspecified atom stereocenters. The number of aromatic nitrogens is 2. The minimum atomic E-state index is -4.51. The van der Waals surface area contributed by atoms with E-state index in [-0.39, 0.29) is 18.0 Å². The van der Waals surface area contributed by atoms with Crippen LogP contribution in [0.4, 0.5) is 23.9 Å². The maximum absolute atomic E-state index is 13.0. The van der Waals surface area contributed by atoms with Crippen LogP contribution in [0.2, 0.25) is 0 Å². The predicted molar refractivity (Wildman–Crippen MR) is 128 cm³/mol. The summed E-state index contributed by atoms with van der Waals surface area (Å²) in [5.74, 6) is 0.653. The quantitative estimate of drug-likeness (QED) is 0.663. The second-order valence-electron chi connectivity index (χ2n) is 9.45. The Morgan fingerprint density at radius 3 is 2.51 bits per heavy atom. The normalized spacial score (nSPS) is 20.2. The van der Waals surface area contributed by atoms with E-state index in [0.29, 0.717) is 32.1 Å². The molecule has 1 aromatic carbocycles. The van der Waals surface area contributed by atoms with Crippen molar-refractivity contribution in [1.82, 2.24) is 25.1 Å². The summed E-state index contributed by atoms with van der Waals surface area (Å²) in [5, 5.41) is 3.04. The fourth-order valence-electron chi connectivity index (χ4n) is 4.86. The van der Waals surface area contributed by atoms with Crippen molar-refractivity contribution in [2.45, 2.75) is 44.9 Å². The standard InChI is InChI=1S/C25H33F3N6O/c1-19-17-33(23-29-12-8-22(31-23)25(26,27)28)15-16-34(19)24(35)30-11-7-20-9-13-32(14-10-20)18-21-5-3-2-4-6-21/h2-6,8,12,19-20H,7,9-11,13-18H2,1H3,(H,30,35)/t19-/m1/s1. The molecule has 35 heavy (non-hydrogen) atoms. The molecule has 10 heteroatoms. The first-order chi connectivity index (χ1) is 16.8. The van der Waals surface area contributed by atoms with E-state index in [2.05, 4.69) is 44.5 Å². The fourth-order valence-corrected chi connectivity index (χ4v) is 4.86. The molecule has 2 aliphatic rings. The van der Waals surface area contributed by atoms with E-state index < -0.39 is 11.9 Å². The number of urea groups is 1. The third-order valence-electron chi connectivity index (χ3n) is 6.89. The predicted octanol–water partition coefficient (Wildman–Crippen LogP) is 4.02. The second-order valence-corrected chi connectivity index (χ2v) is 9.45. The number of amides is 2. The number of nitrogens with one attached hydrogen (secondary N) is 1. The van der Waals surface area contributed by atoms with Crippen LogP contribution in [-0.4, -0.2) is 71.1 Å². The highest BCUT2D eigenvalue weighted by Crippen LogP contribution is 2.28. The van der Waals surface area contributed by atoms with E-state index in [0.717, 1.165) is 51.2 Å². The largest absolute Gasteiger partial charge is 0.433 e. The molecule has 190 valence electrons.